The fraction of sp³-hybridized carbons (Fsp3) is 0.160. The van der Waals surface area contributed by atoms with Gasteiger partial charge < -0.3 is 24.8 Å². The Morgan fingerprint density at radius 2 is 1.64 bits per heavy atom. The molecule has 0 heterocycles. The number of benzene rings is 3. The van der Waals surface area contributed by atoms with Crippen molar-refractivity contribution in [3.8, 4) is 11.5 Å². The molecule has 0 aliphatic rings. The molecule has 2 amide bonds. The first kappa shape index (κ1) is 23.3. The van der Waals surface area contributed by atoms with Crippen LogP contribution in [0.1, 0.15) is 12.5 Å². The monoisotopic (exact) mass is 448 g/mol. The molecule has 0 spiro atoms. The van der Waals surface area contributed by atoms with Gasteiger partial charge in [0.2, 0.25) is 5.91 Å². The first-order chi connectivity index (χ1) is 15.9. The minimum Gasteiger partial charge on any atom is -0.497 e. The van der Waals surface area contributed by atoms with E-state index in [1.807, 2.05) is 36.4 Å². The van der Waals surface area contributed by atoms with Crippen molar-refractivity contribution in [2.24, 2.45) is 0 Å². The zero-order chi connectivity index (χ0) is 23.8. The summed E-state index contributed by atoms with van der Waals surface area (Å²) in [5.74, 6) is -0.275. The zero-order valence-electron chi connectivity index (χ0n) is 18.5. The van der Waals surface area contributed by atoms with E-state index in [0.29, 0.717) is 17.1 Å². The van der Waals surface area contributed by atoms with Crippen molar-refractivity contribution in [2.45, 2.75) is 6.92 Å². The molecular weight excluding hydrogens is 424 g/mol. The van der Waals surface area contributed by atoms with Gasteiger partial charge in [-0.25, -0.2) is 4.79 Å². The van der Waals surface area contributed by atoms with E-state index in [1.165, 1.54) is 20.1 Å². The van der Waals surface area contributed by atoms with E-state index >= 15 is 0 Å². The average Bonchev–Trinajstić information content (AvgIpc) is 2.80. The van der Waals surface area contributed by atoms with Crippen LogP contribution >= 0.6 is 0 Å². The summed E-state index contributed by atoms with van der Waals surface area (Å²) >= 11 is 0. The largest absolute Gasteiger partial charge is 0.497 e. The van der Waals surface area contributed by atoms with E-state index in [1.54, 1.807) is 31.4 Å². The van der Waals surface area contributed by atoms with Crippen LogP contribution in [0.3, 0.4) is 0 Å². The summed E-state index contributed by atoms with van der Waals surface area (Å²) in [7, 11) is 3.07. The zero-order valence-corrected chi connectivity index (χ0v) is 18.5. The first-order valence-corrected chi connectivity index (χ1v) is 10.1. The molecule has 33 heavy (non-hydrogen) atoms. The van der Waals surface area contributed by atoms with Crippen molar-refractivity contribution in [1.29, 1.82) is 0 Å². The van der Waals surface area contributed by atoms with E-state index < -0.39 is 18.5 Å². The Morgan fingerprint density at radius 3 is 2.36 bits per heavy atom. The molecule has 0 aromatic heterocycles. The maximum Gasteiger partial charge on any atom is 0.331 e. The van der Waals surface area contributed by atoms with Crippen LogP contribution in [0, 0.1) is 0 Å². The number of anilines is 2. The van der Waals surface area contributed by atoms with Gasteiger partial charge in [0.15, 0.2) is 6.61 Å². The predicted molar refractivity (Wildman–Crippen MR) is 126 cm³/mol. The number of carbonyl (C=O) groups is 3. The molecular formula is C25H24N2O6. The van der Waals surface area contributed by atoms with Crippen LogP contribution in [-0.4, -0.2) is 38.6 Å². The summed E-state index contributed by atoms with van der Waals surface area (Å²) in [4.78, 5) is 35.5. The van der Waals surface area contributed by atoms with Gasteiger partial charge in [-0.05, 0) is 58.8 Å². The molecule has 3 aromatic rings. The summed E-state index contributed by atoms with van der Waals surface area (Å²) in [5.41, 5.74) is 1.65. The van der Waals surface area contributed by atoms with Crippen molar-refractivity contribution < 1.29 is 28.6 Å². The normalized spacial score (nSPS) is 10.6. The molecule has 8 nitrogen and oxygen atoms in total. The number of carbonyl (C=O) groups excluding carboxylic acids is 3. The number of amides is 2. The molecule has 3 rings (SSSR count). The topological polar surface area (TPSA) is 103 Å². The van der Waals surface area contributed by atoms with Gasteiger partial charge >= 0.3 is 5.97 Å². The maximum absolute atomic E-state index is 12.2. The highest BCUT2D eigenvalue weighted by atomic mass is 16.5. The summed E-state index contributed by atoms with van der Waals surface area (Å²) in [6.45, 7) is 0.902. The summed E-state index contributed by atoms with van der Waals surface area (Å²) < 4.78 is 15.4. The quantitative estimate of drug-likeness (QED) is 0.399. The van der Waals surface area contributed by atoms with Crippen LogP contribution in [-0.2, 0) is 19.1 Å². The molecule has 0 atom stereocenters. The van der Waals surface area contributed by atoms with Crippen LogP contribution < -0.4 is 20.1 Å². The Morgan fingerprint density at radius 1 is 0.879 bits per heavy atom. The van der Waals surface area contributed by atoms with Crippen LogP contribution in [0.15, 0.2) is 60.7 Å². The molecule has 0 aliphatic carbocycles. The number of hydrogen-bond acceptors (Lipinski definition) is 6. The third-order valence-corrected chi connectivity index (χ3v) is 4.62. The summed E-state index contributed by atoms with van der Waals surface area (Å²) in [5, 5.41) is 7.25. The van der Waals surface area contributed by atoms with Crippen LogP contribution in [0.2, 0.25) is 0 Å². The van der Waals surface area contributed by atoms with E-state index in [2.05, 4.69) is 10.6 Å². The third kappa shape index (κ3) is 6.57. The van der Waals surface area contributed by atoms with Gasteiger partial charge in [-0.3, -0.25) is 9.59 Å². The van der Waals surface area contributed by atoms with Gasteiger partial charge in [0.25, 0.3) is 5.91 Å². The van der Waals surface area contributed by atoms with Crippen molar-refractivity contribution in [1.82, 2.24) is 0 Å². The molecule has 0 saturated carbocycles. The Bertz CT molecular complexity index is 1220. The number of nitrogens with one attached hydrogen (secondary N) is 2. The fourth-order valence-corrected chi connectivity index (χ4v) is 3.09. The maximum atomic E-state index is 12.2. The SMILES string of the molecule is COc1ccc2cc(/C=C/C(=O)OCC(=O)Nc3cc(NC(C)=O)ccc3OC)ccc2c1. The highest BCUT2D eigenvalue weighted by molar-refractivity contribution is 5.97. The van der Waals surface area contributed by atoms with Crippen LogP contribution in [0.4, 0.5) is 11.4 Å². The lowest BCUT2D eigenvalue weighted by Crippen LogP contribution is -2.20. The van der Waals surface area contributed by atoms with Gasteiger partial charge in [-0.1, -0.05) is 18.2 Å². The van der Waals surface area contributed by atoms with Gasteiger partial charge in [-0.2, -0.15) is 0 Å². The highest BCUT2D eigenvalue weighted by Crippen LogP contribution is 2.28. The molecule has 170 valence electrons. The van der Waals surface area contributed by atoms with E-state index in [0.717, 1.165) is 22.1 Å². The summed E-state index contributed by atoms with van der Waals surface area (Å²) in [6, 6.07) is 16.3. The Balaban J connectivity index is 1.57. The number of methoxy groups -OCH3 is 2. The molecule has 0 saturated heterocycles. The first-order valence-electron chi connectivity index (χ1n) is 10.1. The molecule has 2 N–H and O–H groups in total. The number of esters is 1. The van der Waals surface area contributed by atoms with Crippen molar-refractivity contribution in [3.05, 3.63) is 66.2 Å². The minimum atomic E-state index is -0.654. The van der Waals surface area contributed by atoms with Gasteiger partial charge in [0.1, 0.15) is 11.5 Å². The molecule has 0 fully saturated rings. The average molecular weight is 448 g/mol. The number of hydrogen-bond donors (Lipinski definition) is 2. The Kier molecular flexibility index (Phi) is 7.64. The van der Waals surface area contributed by atoms with E-state index in [9.17, 15) is 14.4 Å². The van der Waals surface area contributed by atoms with Crippen molar-refractivity contribution >= 4 is 46.0 Å². The lowest BCUT2D eigenvalue weighted by molar-refractivity contribution is -0.142. The molecule has 0 unspecified atom stereocenters. The number of ether oxygens (including phenoxy) is 3. The highest BCUT2D eigenvalue weighted by Gasteiger charge is 2.11. The van der Waals surface area contributed by atoms with Crippen molar-refractivity contribution in [3.63, 3.8) is 0 Å². The minimum absolute atomic E-state index is 0.246. The van der Waals surface area contributed by atoms with Gasteiger partial charge in [0, 0.05) is 18.7 Å². The van der Waals surface area contributed by atoms with Crippen LogP contribution in [0.25, 0.3) is 16.8 Å². The molecule has 0 bridgehead atoms. The smallest absolute Gasteiger partial charge is 0.331 e. The molecule has 0 radical (unpaired) electrons. The van der Waals surface area contributed by atoms with Crippen LogP contribution in [0.5, 0.6) is 11.5 Å². The van der Waals surface area contributed by atoms with Gasteiger partial charge in [-0.15, -0.1) is 0 Å². The molecule has 0 aliphatic heterocycles. The number of fused-ring (bicyclic) bond motifs is 1. The third-order valence-electron chi connectivity index (χ3n) is 4.62. The predicted octanol–water partition coefficient (Wildman–Crippen LogP) is 4.01. The second kappa shape index (κ2) is 10.8. The fourth-order valence-electron chi connectivity index (χ4n) is 3.09. The molecule has 3 aromatic carbocycles. The summed E-state index contributed by atoms with van der Waals surface area (Å²) in [6.07, 6.45) is 2.87. The lowest BCUT2D eigenvalue weighted by atomic mass is 10.1. The second-order valence-corrected chi connectivity index (χ2v) is 7.06. The van der Waals surface area contributed by atoms with Crippen molar-refractivity contribution in [2.75, 3.05) is 31.5 Å². The lowest BCUT2D eigenvalue weighted by Gasteiger charge is -2.12. The second-order valence-electron chi connectivity index (χ2n) is 7.06. The standard InChI is InChI=1S/C25H24N2O6/c1-16(28)26-20-8-10-23(32-3)22(14-20)27-24(29)15-33-25(30)11-5-17-4-6-19-13-21(31-2)9-7-18(19)12-17/h4-14H,15H2,1-3H3,(H,26,28)(H,27,29)/b11-5+. The van der Waals surface area contributed by atoms with E-state index in [4.69, 9.17) is 14.2 Å². The Hall–Kier alpha value is -4.33. The Labute approximate surface area is 191 Å². The van der Waals surface area contributed by atoms with Gasteiger partial charge in [0.05, 0.1) is 19.9 Å². The number of rotatable bonds is 8. The molecule has 8 heteroatoms. The van der Waals surface area contributed by atoms with E-state index in [-0.39, 0.29) is 5.91 Å².